The van der Waals surface area contributed by atoms with Crippen molar-refractivity contribution in [2.45, 2.75) is 51.1 Å². The molecular formula is C16H29N3O. The smallest absolute Gasteiger partial charge is 0.234 e. The van der Waals surface area contributed by atoms with Gasteiger partial charge < -0.3 is 10.6 Å². The van der Waals surface area contributed by atoms with E-state index in [1.165, 1.54) is 25.7 Å². The third-order valence-electron chi connectivity index (χ3n) is 5.87. The summed E-state index contributed by atoms with van der Waals surface area (Å²) in [4.78, 5) is 14.4. The summed E-state index contributed by atoms with van der Waals surface area (Å²) in [7, 11) is 2.07. The maximum Gasteiger partial charge on any atom is 0.234 e. The van der Waals surface area contributed by atoms with Gasteiger partial charge in [0.05, 0.1) is 6.54 Å². The average molecular weight is 279 g/mol. The van der Waals surface area contributed by atoms with Crippen LogP contribution < -0.4 is 10.6 Å². The molecule has 4 heteroatoms. The number of amides is 1. The topological polar surface area (TPSA) is 44.4 Å². The van der Waals surface area contributed by atoms with Crippen molar-refractivity contribution in [2.75, 3.05) is 26.7 Å². The molecule has 3 fully saturated rings. The molecule has 3 aliphatic rings. The molecular weight excluding hydrogens is 250 g/mol. The molecule has 4 nitrogen and oxygen atoms in total. The van der Waals surface area contributed by atoms with Crippen LogP contribution in [0.3, 0.4) is 0 Å². The van der Waals surface area contributed by atoms with Gasteiger partial charge in [-0.15, -0.1) is 0 Å². The van der Waals surface area contributed by atoms with E-state index in [-0.39, 0.29) is 5.91 Å². The minimum atomic E-state index is 0.203. The Morgan fingerprint density at radius 3 is 2.80 bits per heavy atom. The van der Waals surface area contributed by atoms with Crippen LogP contribution in [0.25, 0.3) is 0 Å². The van der Waals surface area contributed by atoms with Crippen LogP contribution >= 0.6 is 0 Å². The van der Waals surface area contributed by atoms with Crippen molar-refractivity contribution < 1.29 is 4.79 Å². The van der Waals surface area contributed by atoms with Gasteiger partial charge in [0.1, 0.15) is 0 Å². The van der Waals surface area contributed by atoms with Gasteiger partial charge in [0.2, 0.25) is 5.91 Å². The molecule has 1 saturated heterocycles. The first kappa shape index (κ1) is 14.3. The van der Waals surface area contributed by atoms with Crippen LogP contribution in [0, 0.1) is 17.8 Å². The molecule has 1 aliphatic heterocycles. The highest BCUT2D eigenvalue weighted by molar-refractivity contribution is 5.78. The van der Waals surface area contributed by atoms with E-state index in [9.17, 15) is 4.79 Å². The van der Waals surface area contributed by atoms with Crippen molar-refractivity contribution in [2.24, 2.45) is 17.8 Å². The lowest BCUT2D eigenvalue weighted by atomic mass is 9.84. The van der Waals surface area contributed by atoms with Gasteiger partial charge in [-0.25, -0.2) is 0 Å². The number of carbonyl (C=O) groups is 1. The fourth-order valence-corrected chi connectivity index (χ4v) is 4.68. The van der Waals surface area contributed by atoms with Crippen molar-refractivity contribution in [3.8, 4) is 0 Å². The van der Waals surface area contributed by atoms with E-state index >= 15 is 0 Å². The number of likely N-dealkylation sites (N-methyl/N-ethyl adjacent to an activating group) is 1. The Hall–Kier alpha value is -0.610. The Labute approximate surface area is 122 Å². The molecule has 0 aromatic heterocycles. The molecule has 3 rings (SSSR count). The van der Waals surface area contributed by atoms with E-state index in [0.717, 1.165) is 37.3 Å². The number of carbonyl (C=O) groups excluding carboxylic acids is 1. The first-order chi connectivity index (χ1) is 9.63. The zero-order chi connectivity index (χ0) is 14.1. The normalized spacial score (nSPS) is 37.5. The highest BCUT2D eigenvalue weighted by atomic mass is 16.2. The van der Waals surface area contributed by atoms with Gasteiger partial charge in [0, 0.05) is 18.6 Å². The molecule has 114 valence electrons. The highest BCUT2D eigenvalue weighted by Crippen LogP contribution is 2.49. The Balaban J connectivity index is 1.44. The minimum Gasteiger partial charge on any atom is -0.352 e. The van der Waals surface area contributed by atoms with E-state index in [2.05, 4.69) is 29.5 Å². The molecule has 1 heterocycles. The molecule has 2 bridgehead atoms. The van der Waals surface area contributed by atoms with Crippen LogP contribution in [0.5, 0.6) is 0 Å². The van der Waals surface area contributed by atoms with E-state index in [4.69, 9.17) is 0 Å². The number of nitrogens with one attached hydrogen (secondary N) is 2. The lowest BCUT2D eigenvalue weighted by Crippen LogP contribution is -2.46. The molecule has 0 aromatic rings. The fraction of sp³-hybridized carbons (Fsp3) is 0.938. The Morgan fingerprint density at radius 2 is 2.20 bits per heavy atom. The average Bonchev–Trinajstić information content (AvgIpc) is 3.15. The van der Waals surface area contributed by atoms with Gasteiger partial charge >= 0.3 is 0 Å². The highest BCUT2D eigenvalue weighted by Gasteiger charge is 2.42. The minimum absolute atomic E-state index is 0.203. The van der Waals surface area contributed by atoms with Gasteiger partial charge in [0.15, 0.2) is 0 Å². The van der Waals surface area contributed by atoms with Crippen LogP contribution in [0.2, 0.25) is 0 Å². The van der Waals surface area contributed by atoms with E-state index in [1.807, 2.05) is 0 Å². The third-order valence-corrected chi connectivity index (χ3v) is 5.87. The molecule has 5 unspecified atom stereocenters. The second kappa shape index (κ2) is 6.02. The molecule has 0 spiro atoms. The molecule has 0 radical (unpaired) electrons. The van der Waals surface area contributed by atoms with Gasteiger partial charge in [-0.1, -0.05) is 6.42 Å². The van der Waals surface area contributed by atoms with Crippen molar-refractivity contribution >= 4 is 5.91 Å². The maximum atomic E-state index is 12.2. The standard InChI is InChI=1S/C16H29N3O/c1-11(15-8-12-3-4-13(15)7-12)18-16(20)10-19(2)14-5-6-17-9-14/h11-15,17H,3-10H2,1-2H3,(H,18,20). The van der Waals surface area contributed by atoms with Gasteiger partial charge in [-0.3, -0.25) is 9.69 Å². The van der Waals surface area contributed by atoms with E-state index < -0.39 is 0 Å². The SMILES string of the molecule is CC(NC(=O)CN(C)C1CCNC1)C1CC2CCC1C2. The second-order valence-corrected chi connectivity index (χ2v) is 7.26. The predicted molar refractivity (Wildman–Crippen MR) is 80.4 cm³/mol. The maximum absolute atomic E-state index is 12.2. The summed E-state index contributed by atoms with van der Waals surface area (Å²) in [5, 5.41) is 6.62. The molecule has 20 heavy (non-hydrogen) atoms. The first-order valence-corrected chi connectivity index (χ1v) is 8.34. The van der Waals surface area contributed by atoms with Gasteiger partial charge in [-0.2, -0.15) is 0 Å². The second-order valence-electron chi connectivity index (χ2n) is 7.26. The Kier molecular flexibility index (Phi) is 4.32. The number of rotatable bonds is 5. The largest absolute Gasteiger partial charge is 0.352 e. The summed E-state index contributed by atoms with van der Waals surface area (Å²) < 4.78 is 0. The van der Waals surface area contributed by atoms with Crippen molar-refractivity contribution in [1.82, 2.24) is 15.5 Å². The van der Waals surface area contributed by atoms with E-state index in [1.54, 1.807) is 0 Å². The zero-order valence-electron chi connectivity index (χ0n) is 12.9. The lowest BCUT2D eigenvalue weighted by molar-refractivity contribution is -0.123. The summed E-state index contributed by atoms with van der Waals surface area (Å²) in [6, 6.07) is 0.881. The number of hydrogen-bond acceptors (Lipinski definition) is 3. The quantitative estimate of drug-likeness (QED) is 0.795. The van der Waals surface area contributed by atoms with Crippen LogP contribution in [-0.2, 0) is 4.79 Å². The summed E-state index contributed by atoms with van der Waals surface area (Å²) in [6.07, 6.45) is 6.74. The third kappa shape index (κ3) is 3.01. The number of fused-ring (bicyclic) bond motifs is 2. The Bertz CT molecular complexity index is 354. The van der Waals surface area contributed by atoms with Crippen molar-refractivity contribution in [3.63, 3.8) is 0 Å². The van der Waals surface area contributed by atoms with Crippen LogP contribution in [0.15, 0.2) is 0 Å². The lowest BCUT2D eigenvalue weighted by Gasteiger charge is -2.30. The molecule has 2 aliphatic carbocycles. The van der Waals surface area contributed by atoms with Gasteiger partial charge in [0.25, 0.3) is 0 Å². The fourth-order valence-electron chi connectivity index (χ4n) is 4.68. The van der Waals surface area contributed by atoms with Crippen molar-refractivity contribution in [1.29, 1.82) is 0 Å². The number of nitrogens with zero attached hydrogens (tertiary/aromatic N) is 1. The number of hydrogen-bond donors (Lipinski definition) is 2. The van der Waals surface area contributed by atoms with Crippen molar-refractivity contribution in [3.05, 3.63) is 0 Å². The van der Waals surface area contributed by atoms with Crippen LogP contribution in [0.4, 0.5) is 0 Å². The Morgan fingerprint density at radius 1 is 1.35 bits per heavy atom. The summed E-state index contributed by atoms with van der Waals surface area (Å²) in [5.74, 6) is 2.77. The van der Waals surface area contributed by atoms with Crippen LogP contribution in [0.1, 0.15) is 39.0 Å². The molecule has 2 saturated carbocycles. The molecule has 5 atom stereocenters. The molecule has 0 aromatic carbocycles. The molecule has 2 N–H and O–H groups in total. The summed E-state index contributed by atoms with van der Waals surface area (Å²) in [5.41, 5.74) is 0. The first-order valence-electron chi connectivity index (χ1n) is 8.34. The monoisotopic (exact) mass is 279 g/mol. The van der Waals surface area contributed by atoms with E-state index in [0.29, 0.717) is 18.6 Å². The zero-order valence-corrected chi connectivity index (χ0v) is 12.9. The van der Waals surface area contributed by atoms with Gasteiger partial charge in [-0.05, 0) is 64.0 Å². The predicted octanol–water partition coefficient (Wildman–Crippen LogP) is 1.22. The van der Waals surface area contributed by atoms with Crippen LogP contribution in [-0.4, -0.2) is 49.6 Å². The molecule has 1 amide bonds. The summed E-state index contributed by atoms with van der Waals surface area (Å²) in [6.45, 7) is 4.85. The summed E-state index contributed by atoms with van der Waals surface area (Å²) >= 11 is 0.